The van der Waals surface area contributed by atoms with Gasteiger partial charge in [-0.15, -0.1) is 0 Å². The highest BCUT2D eigenvalue weighted by molar-refractivity contribution is 5.91. The number of carbonyl (C=O) groups excluding carboxylic acids is 2. The summed E-state index contributed by atoms with van der Waals surface area (Å²) >= 11 is 0. The number of nitrogens with one attached hydrogen (secondary N) is 2. The summed E-state index contributed by atoms with van der Waals surface area (Å²) in [6, 6.07) is -0.729. The van der Waals surface area contributed by atoms with Crippen LogP contribution >= 0.6 is 0 Å². The maximum absolute atomic E-state index is 12.0. The third-order valence-corrected chi connectivity index (χ3v) is 4.12. The summed E-state index contributed by atoms with van der Waals surface area (Å²) < 4.78 is 0. The second kappa shape index (κ2) is 6.72. The Morgan fingerprint density at radius 1 is 1.30 bits per heavy atom. The summed E-state index contributed by atoms with van der Waals surface area (Å²) in [5, 5.41) is 14.6. The van der Waals surface area contributed by atoms with Crippen LogP contribution in [0.2, 0.25) is 0 Å². The van der Waals surface area contributed by atoms with E-state index < -0.39 is 23.5 Å². The van der Waals surface area contributed by atoms with Crippen LogP contribution in [0.4, 0.5) is 0 Å². The molecule has 0 aliphatic heterocycles. The van der Waals surface area contributed by atoms with Gasteiger partial charge >= 0.3 is 5.97 Å². The average molecular weight is 284 g/mol. The molecule has 1 aliphatic carbocycles. The maximum atomic E-state index is 12.0. The normalized spacial score (nSPS) is 27.4. The van der Waals surface area contributed by atoms with Crippen LogP contribution in [0, 0.1) is 5.92 Å². The monoisotopic (exact) mass is 284 g/mol. The molecule has 0 saturated heterocycles. The standard InChI is InChI=1S/C14H24N2O4/c1-4-11-5-7-14(8-6-11,13(19)20)16-12(18)9(2)15-10(3)17/h9,11H,4-8H2,1-3H3,(H,15,17)(H,16,18)(H,19,20). The fourth-order valence-electron chi connectivity index (χ4n) is 2.69. The van der Waals surface area contributed by atoms with Gasteiger partial charge in [0.1, 0.15) is 11.6 Å². The number of carbonyl (C=O) groups is 3. The SMILES string of the molecule is CCC1CCC(NC(=O)C(C)NC(C)=O)(C(=O)O)CC1. The van der Waals surface area contributed by atoms with E-state index >= 15 is 0 Å². The number of amides is 2. The molecule has 1 unspecified atom stereocenters. The largest absolute Gasteiger partial charge is 0.480 e. The molecule has 6 nitrogen and oxygen atoms in total. The van der Waals surface area contributed by atoms with Crippen LogP contribution in [-0.4, -0.2) is 34.5 Å². The topological polar surface area (TPSA) is 95.5 Å². The molecule has 1 fully saturated rings. The second-order valence-corrected chi connectivity index (χ2v) is 5.65. The van der Waals surface area contributed by atoms with Gasteiger partial charge in [-0.1, -0.05) is 13.3 Å². The minimum Gasteiger partial charge on any atom is -0.480 e. The second-order valence-electron chi connectivity index (χ2n) is 5.65. The Morgan fingerprint density at radius 2 is 1.85 bits per heavy atom. The first-order valence-electron chi connectivity index (χ1n) is 7.13. The van der Waals surface area contributed by atoms with Crippen molar-refractivity contribution in [1.29, 1.82) is 0 Å². The first-order valence-corrected chi connectivity index (χ1v) is 7.13. The zero-order valence-electron chi connectivity index (χ0n) is 12.4. The van der Waals surface area contributed by atoms with Gasteiger partial charge in [-0.05, 0) is 38.5 Å². The number of carboxylic acids is 1. The lowest BCUT2D eigenvalue weighted by Gasteiger charge is -2.37. The summed E-state index contributed by atoms with van der Waals surface area (Å²) in [6.45, 7) is 4.96. The van der Waals surface area contributed by atoms with Crippen molar-refractivity contribution in [2.75, 3.05) is 0 Å². The maximum Gasteiger partial charge on any atom is 0.329 e. The van der Waals surface area contributed by atoms with Crippen LogP contribution in [0.25, 0.3) is 0 Å². The molecule has 1 rings (SSSR count). The van der Waals surface area contributed by atoms with E-state index in [2.05, 4.69) is 17.6 Å². The Bertz CT molecular complexity index is 387. The predicted molar refractivity (Wildman–Crippen MR) is 74.0 cm³/mol. The van der Waals surface area contributed by atoms with E-state index in [1.165, 1.54) is 6.92 Å². The molecule has 0 radical (unpaired) electrons. The van der Waals surface area contributed by atoms with E-state index in [1.807, 2.05) is 0 Å². The van der Waals surface area contributed by atoms with Gasteiger partial charge in [0.05, 0.1) is 0 Å². The molecule has 0 aromatic carbocycles. The van der Waals surface area contributed by atoms with Crippen LogP contribution in [0.15, 0.2) is 0 Å². The van der Waals surface area contributed by atoms with Crippen LogP contribution in [0.1, 0.15) is 52.9 Å². The first-order chi connectivity index (χ1) is 9.30. The highest BCUT2D eigenvalue weighted by Crippen LogP contribution is 2.34. The van der Waals surface area contributed by atoms with Crippen molar-refractivity contribution in [3.63, 3.8) is 0 Å². The minimum atomic E-state index is -1.19. The Balaban J connectivity index is 2.71. The molecular formula is C14H24N2O4. The molecular weight excluding hydrogens is 260 g/mol. The van der Waals surface area contributed by atoms with Crippen molar-refractivity contribution in [3.05, 3.63) is 0 Å². The molecule has 2 amide bonds. The van der Waals surface area contributed by atoms with Gasteiger partial charge in [0.2, 0.25) is 11.8 Å². The molecule has 0 spiro atoms. The molecule has 0 aromatic rings. The number of hydrogen-bond acceptors (Lipinski definition) is 3. The number of rotatable bonds is 5. The van der Waals surface area contributed by atoms with Crippen molar-refractivity contribution in [1.82, 2.24) is 10.6 Å². The van der Waals surface area contributed by atoms with Crippen molar-refractivity contribution >= 4 is 17.8 Å². The van der Waals surface area contributed by atoms with Gasteiger partial charge in [-0.3, -0.25) is 9.59 Å². The van der Waals surface area contributed by atoms with Crippen LogP contribution in [0.5, 0.6) is 0 Å². The molecule has 1 aliphatic rings. The van der Waals surface area contributed by atoms with Crippen molar-refractivity contribution < 1.29 is 19.5 Å². The van der Waals surface area contributed by atoms with Gasteiger partial charge in [-0.25, -0.2) is 4.79 Å². The zero-order valence-corrected chi connectivity index (χ0v) is 12.4. The van der Waals surface area contributed by atoms with Crippen molar-refractivity contribution in [2.45, 2.75) is 64.5 Å². The molecule has 1 saturated carbocycles. The molecule has 0 bridgehead atoms. The number of hydrogen-bond donors (Lipinski definition) is 3. The smallest absolute Gasteiger partial charge is 0.329 e. The van der Waals surface area contributed by atoms with Gasteiger partial charge < -0.3 is 15.7 Å². The van der Waals surface area contributed by atoms with Crippen molar-refractivity contribution in [3.8, 4) is 0 Å². The number of aliphatic carboxylic acids is 1. The van der Waals surface area contributed by atoms with E-state index in [4.69, 9.17) is 0 Å². The average Bonchev–Trinajstić information content (AvgIpc) is 2.38. The lowest BCUT2D eigenvalue weighted by atomic mass is 9.75. The third kappa shape index (κ3) is 3.95. The molecule has 114 valence electrons. The zero-order chi connectivity index (χ0) is 15.3. The van der Waals surface area contributed by atoms with Crippen molar-refractivity contribution in [2.24, 2.45) is 5.92 Å². The van der Waals surface area contributed by atoms with E-state index in [-0.39, 0.29) is 5.91 Å². The Hall–Kier alpha value is -1.59. The fraction of sp³-hybridized carbons (Fsp3) is 0.786. The molecule has 0 aromatic heterocycles. The van der Waals surface area contributed by atoms with Crippen LogP contribution in [0.3, 0.4) is 0 Å². The Labute approximate surface area is 119 Å². The summed E-state index contributed by atoms with van der Waals surface area (Å²) in [6.07, 6.45) is 3.53. The summed E-state index contributed by atoms with van der Waals surface area (Å²) in [7, 11) is 0. The van der Waals surface area contributed by atoms with E-state index in [1.54, 1.807) is 6.92 Å². The molecule has 1 atom stereocenters. The Kier molecular flexibility index (Phi) is 5.53. The van der Waals surface area contributed by atoms with Gasteiger partial charge in [-0.2, -0.15) is 0 Å². The highest BCUT2D eigenvalue weighted by atomic mass is 16.4. The first kappa shape index (κ1) is 16.5. The fourth-order valence-corrected chi connectivity index (χ4v) is 2.69. The van der Waals surface area contributed by atoms with Gasteiger partial charge in [0.25, 0.3) is 0 Å². The van der Waals surface area contributed by atoms with Gasteiger partial charge in [0, 0.05) is 6.92 Å². The molecule has 0 heterocycles. The summed E-state index contributed by atoms with van der Waals surface area (Å²) in [4.78, 5) is 34.5. The molecule has 20 heavy (non-hydrogen) atoms. The molecule has 3 N–H and O–H groups in total. The third-order valence-electron chi connectivity index (χ3n) is 4.12. The highest BCUT2D eigenvalue weighted by Gasteiger charge is 2.43. The summed E-state index contributed by atoms with van der Waals surface area (Å²) in [5.41, 5.74) is -1.19. The van der Waals surface area contributed by atoms with E-state index in [9.17, 15) is 19.5 Å². The lowest BCUT2D eigenvalue weighted by Crippen LogP contribution is -2.60. The lowest BCUT2D eigenvalue weighted by molar-refractivity contribution is -0.150. The quantitative estimate of drug-likeness (QED) is 0.703. The van der Waals surface area contributed by atoms with Gasteiger partial charge in [0.15, 0.2) is 0 Å². The minimum absolute atomic E-state index is 0.313. The molecule has 6 heteroatoms. The predicted octanol–water partition coefficient (Wildman–Crippen LogP) is 1.05. The summed E-state index contributed by atoms with van der Waals surface area (Å²) in [5.74, 6) is -1.22. The van der Waals surface area contributed by atoms with E-state index in [0.29, 0.717) is 18.8 Å². The number of carboxylic acid groups (broad SMARTS) is 1. The van der Waals surface area contributed by atoms with Crippen LogP contribution < -0.4 is 10.6 Å². The van der Waals surface area contributed by atoms with Crippen LogP contribution in [-0.2, 0) is 14.4 Å². The van der Waals surface area contributed by atoms with E-state index in [0.717, 1.165) is 19.3 Å². The Morgan fingerprint density at radius 3 is 2.25 bits per heavy atom.